The zero-order chi connectivity index (χ0) is 85.5. The van der Waals surface area contributed by atoms with E-state index in [-0.39, 0.29) is 110 Å². The van der Waals surface area contributed by atoms with Gasteiger partial charge in [-0.1, -0.05) is 88.7 Å². The number of hydrogen-bond acceptors (Lipinski definition) is 30. The Hall–Kier alpha value is -13.2. The van der Waals surface area contributed by atoms with Crippen LogP contribution in [0.4, 0.5) is 51.5 Å². The van der Waals surface area contributed by atoms with Crippen LogP contribution in [-0.2, 0) is 75.0 Å². The quantitative estimate of drug-likeness (QED) is 0.00513. The van der Waals surface area contributed by atoms with E-state index in [1.807, 2.05) is 0 Å². The summed E-state index contributed by atoms with van der Waals surface area (Å²) in [6.07, 6.45) is -9.79. The molecule has 3 saturated heterocycles. The van der Waals surface area contributed by atoms with Crippen LogP contribution in [0.1, 0.15) is 91.1 Å². The van der Waals surface area contributed by atoms with Gasteiger partial charge in [0, 0.05) is 49.8 Å². The Morgan fingerprint density at radius 2 is 1.07 bits per heavy atom. The molecule has 9 atom stereocenters. The van der Waals surface area contributed by atoms with Crippen molar-refractivity contribution in [1.29, 1.82) is 0 Å². The van der Waals surface area contributed by atoms with Crippen LogP contribution >= 0.6 is 0 Å². The number of alkyl carbamates (subject to hydrolysis) is 1. The lowest BCUT2D eigenvalue weighted by Crippen LogP contribution is -2.70. The average molecular weight is 1640 g/mol. The van der Waals surface area contributed by atoms with Gasteiger partial charge in [0.2, 0.25) is 29.8 Å². The first-order chi connectivity index (χ1) is 56.1. The molecule has 4 aromatic carbocycles. The average Bonchev–Trinajstić information content (AvgIpc) is 1.13. The summed E-state index contributed by atoms with van der Waals surface area (Å²) in [6, 6.07) is 11.4. The third kappa shape index (κ3) is 24.9. The summed E-state index contributed by atoms with van der Waals surface area (Å²) in [7, 11) is 2.62. The molecule has 7 rings (SSSR count). The maximum atomic E-state index is 14.4. The van der Waals surface area contributed by atoms with Gasteiger partial charge in [0.15, 0.2) is 41.0 Å². The third-order valence-corrected chi connectivity index (χ3v) is 17.9. The number of rotatable bonds is 41. The maximum absolute atomic E-state index is 14.4. The molecular weight excluding hydrogens is 1540 g/mol. The molecule has 3 aliphatic heterocycles. The molecule has 0 spiro atoms. The molecule has 0 aliphatic carbocycles. The lowest BCUT2D eigenvalue weighted by molar-refractivity contribution is -0.387. The Labute approximate surface area is 671 Å². The molecule has 39 nitrogen and oxygen atoms in total. The number of carbonyl (C=O) groups excluding carboxylic acids is 10. The minimum atomic E-state index is -2.90. The maximum Gasteiger partial charge on any atom is 0.509 e. The Kier molecular flexibility index (Phi) is 34.6. The molecule has 0 saturated carbocycles. The zero-order valence-corrected chi connectivity index (χ0v) is 64.8. The van der Waals surface area contributed by atoms with Crippen LogP contribution in [0.25, 0.3) is 0 Å². The molecule has 4 aromatic rings. The van der Waals surface area contributed by atoms with E-state index in [4.69, 9.17) is 71.1 Å². The van der Waals surface area contributed by atoms with Crippen molar-refractivity contribution in [3.05, 3.63) is 162 Å². The van der Waals surface area contributed by atoms with Crippen molar-refractivity contribution in [2.24, 2.45) is 5.92 Å². The fourth-order valence-electron chi connectivity index (χ4n) is 12.2. The van der Waals surface area contributed by atoms with Crippen molar-refractivity contribution in [2.45, 2.75) is 127 Å². The normalized spacial score (nSPS) is 18.4. The summed E-state index contributed by atoms with van der Waals surface area (Å²) in [6.45, 7) is 19.3. The standard InChI is InChI=1S/C78H94N8O31/c1-11-27-78(71(93)94)65(116-77(100)110-33-15-5)63(114-75(98)108-31-13-3)64(115-76(99)109-32-14-4)70(117-78)113-57-26-23-48(36-56(57)86(101)102)44-112-73(96)82-55-40-61(59(104-10)38-53(55)69(92)85-29-17-20-51(85)42-88)106-35-18-34-105-60-39-54(52(37-58(60)103-9)68(91)84-28-16-19-50(84)41-87)81-72(95)111-43-47-21-24-49(25-22-47)80-66(89)46(8)79-67(90)62(45(6)7)83-74(97)107-30-12-2/h11-15,21-26,36-40,45-46,50-51,62-65,70,87-88H,1-5,16-20,27-35,41-44H2,6-10H3,(H,79,90)(H,80,89)(H,81,95)(H,82,96)(H,83,97)(H,93,94)/t46?,50?,51?,62?,63-,64-,65+,70+,78+/m1/s1. The third-order valence-electron chi connectivity index (χ3n) is 17.9. The second-order valence-corrected chi connectivity index (χ2v) is 26.3. The highest BCUT2D eigenvalue weighted by molar-refractivity contribution is 6.05. The van der Waals surface area contributed by atoms with E-state index in [0.29, 0.717) is 43.5 Å². The molecule has 4 unspecified atom stereocenters. The smallest absolute Gasteiger partial charge is 0.493 e. The van der Waals surface area contributed by atoms with Crippen molar-refractivity contribution in [1.82, 2.24) is 20.4 Å². The van der Waals surface area contributed by atoms with Gasteiger partial charge in [-0.25, -0.2) is 33.6 Å². The van der Waals surface area contributed by atoms with Gasteiger partial charge in [-0.3, -0.25) is 39.9 Å². The van der Waals surface area contributed by atoms with Crippen molar-refractivity contribution in [2.75, 3.05) is 96.1 Å². The largest absolute Gasteiger partial charge is 0.509 e. The van der Waals surface area contributed by atoms with Crippen molar-refractivity contribution in [3.8, 4) is 28.7 Å². The van der Waals surface area contributed by atoms with Crippen LogP contribution < -0.4 is 50.3 Å². The van der Waals surface area contributed by atoms with Crippen molar-refractivity contribution in [3.63, 3.8) is 0 Å². The highest BCUT2D eigenvalue weighted by atomic mass is 16.8. The Morgan fingerprint density at radius 1 is 0.581 bits per heavy atom. The highest BCUT2D eigenvalue weighted by Gasteiger charge is 2.65. The summed E-state index contributed by atoms with van der Waals surface area (Å²) in [5, 5.41) is 57.1. The Morgan fingerprint density at radius 3 is 1.54 bits per heavy atom. The van der Waals surface area contributed by atoms with E-state index in [0.717, 1.165) is 42.5 Å². The number of carbonyl (C=O) groups is 11. The highest BCUT2D eigenvalue weighted by Crippen LogP contribution is 2.43. The van der Waals surface area contributed by atoms with Gasteiger partial charge in [0.1, 0.15) is 51.7 Å². The lowest BCUT2D eigenvalue weighted by atomic mass is 9.83. The van der Waals surface area contributed by atoms with Crippen LogP contribution in [0, 0.1) is 16.0 Å². The van der Waals surface area contributed by atoms with Crippen LogP contribution in [0.3, 0.4) is 0 Å². The van der Waals surface area contributed by atoms with Gasteiger partial charge < -0.3 is 112 Å². The molecule has 0 aromatic heterocycles. The number of nitro groups is 1. The minimum absolute atomic E-state index is 0.00972. The first-order valence-electron chi connectivity index (χ1n) is 36.6. The molecule has 39 heteroatoms. The van der Waals surface area contributed by atoms with Gasteiger partial charge in [-0.15, -0.1) is 6.58 Å². The number of carboxylic acids is 1. The number of likely N-dealkylation sites (tertiary alicyclic amines) is 2. The van der Waals surface area contributed by atoms with Crippen LogP contribution in [0.15, 0.2) is 130 Å². The molecule has 0 bridgehead atoms. The number of methoxy groups -OCH3 is 2. The van der Waals surface area contributed by atoms with Crippen LogP contribution in [-0.4, -0.2) is 231 Å². The molecule has 0 radical (unpaired) electrons. The van der Waals surface area contributed by atoms with Crippen molar-refractivity contribution < 1.29 is 144 Å². The molecule has 8 N–H and O–H groups in total. The summed E-state index contributed by atoms with van der Waals surface area (Å²) in [4.78, 5) is 163. The van der Waals surface area contributed by atoms with Gasteiger partial charge in [-0.05, 0) is 80.0 Å². The summed E-state index contributed by atoms with van der Waals surface area (Å²) >= 11 is 0. The topological polar surface area (TPSA) is 497 Å². The van der Waals surface area contributed by atoms with E-state index in [9.17, 15) is 78.2 Å². The Bertz CT molecular complexity index is 4270. The fraction of sp³-hybridized carbons (Fsp3) is 0.423. The van der Waals surface area contributed by atoms with E-state index < -0.39 is 170 Å². The van der Waals surface area contributed by atoms with E-state index in [1.54, 1.807) is 26.0 Å². The number of hydrogen-bond donors (Lipinski definition) is 8. The molecule has 7 amide bonds. The second kappa shape index (κ2) is 44.5. The summed E-state index contributed by atoms with van der Waals surface area (Å²) < 4.78 is 82.9. The molecule has 3 fully saturated rings. The molecule has 117 heavy (non-hydrogen) atoms. The van der Waals surface area contributed by atoms with E-state index in [2.05, 4.69) is 59.5 Å². The number of aliphatic carboxylic acids is 1. The number of nitrogens with one attached hydrogen (secondary N) is 5. The molecule has 3 aliphatic rings. The summed E-state index contributed by atoms with van der Waals surface area (Å²) in [5.74, 6) is -5.28. The van der Waals surface area contributed by atoms with Gasteiger partial charge in [-0.2, -0.15) is 0 Å². The fourth-order valence-corrected chi connectivity index (χ4v) is 12.2. The number of aliphatic hydroxyl groups is 2. The number of benzene rings is 4. The lowest BCUT2D eigenvalue weighted by Gasteiger charge is -2.48. The molecule has 3 heterocycles. The summed E-state index contributed by atoms with van der Waals surface area (Å²) in [5.41, 5.74) is -3.51. The minimum Gasteiger partial charge on any atom is -0.493 e. The first-order valence-corrected chi connectivity index (χ1v) is 36.6. The molecule has 632 valence electrons. The Balaban J connectivity index is 1.07. The second-order valence-electron chi connectivity index (χ2n) is 26.3. The number of nitrogens with zero attached hydrogens (tertiary/aromatic N) is 3. The number of ether oxygens (including phenoxy) is 15. The van der Waals surface area contributed by atoms with Gasteiger partial charge in [0.05, 0.1) is 80.2 Å². The monoisotopic (exact) mass is 1640 g/mol. The number of nitro benzene ring substituents is 1. The van der Waals surface area contributed by atoms with Crippen molar-refractivity contribution >= 4 is 89.1 Å². The van der Waals surface area contributed by atoms with Gasteiger partial charge >= 0.3 is 48.4 Å². The van der Waals surface area contributed by atoms with Gasteiger partial charge in [0.25, 0.3) is 11.8 Å². The number of amides is 7. The number of anilines is 3. The zero-order valence-electron chi connectivity index (χ0n) is 64.8. The SMILES string of the molecule is C=CCOC(=O)NC(C(=O)NC(C)C(=O)Nc1ccc(COC(=O)Nc2cc(OCCCOc3cc(NC(=O)OCc4ccc(O[C@H]5O[C@](CC=C)(C(=O)O)[C@@H](OC(=O)OCC=C)[C@H](OC(=O)OCC=C)[C@H]5OC(=O)OCC=C)c([N+](=O)[O-])c4)c(C(=O)N4CCCC4CO)cc3OC)c(OC)cc2C(=O)N2CCCC2CO)cc1)C(C)C. The van der Waals surface area contributed by atoms with Crippen LogP contribution in [0.2, 0.25) is 0 Å². The first kappa shape index (κ1) is 91.0. The number of aliphatic hydroxyl groups excluding tert-OH is 2. The predicted octanol–water partition coefficient (Wildman–Crippen LogP) is 8.79. The van der Waals surface area contributed by atoms with E-state index in [1.165, 1.54) is 73.4 Å². The molecular formula is C78H94N8O31. The van der Waals surface area contributed by atoms with Crippen LogP contribution in [0.5, 0.6) is 28.7 Å². The number of carboxylic acid groups (broad SMARTS) is 1. The van der Waals surface area contributed by atoms with E-state index >= 15 is 0 Å². The predicted molar refractivity (Wildman–Crippen MR) is 411 cm³/mol.